The number of hydrogen-bond donors (Lipinski definition) is 2. The van der Waals surface area contributed by atoms with E-state index >= 15 is 0 Å². The van der Waals surface area contributed by atoms with Crippen LogP contribution >= 0.6 is 0 Å². The largest absolute Gasteiger partial charge is 0.480 e. The summed E-state index contributed by atoms with van der Waals surface area (Å²) in [4.78, 5) is 26.1. The summed E-state index contributed by atoms with van der Waals surface area (Å²) in [6, 6.07) is -1.07. The molecule has 0 fully saturated rings. The first-order valence-electron chi connectivity index (χ1n) is 4.55. The molecule has 0 aromatic carbocycles. The molecule has 16 heavy (non-hydrogen) atoms. The third-order valence-electron chi connectivity index (χ3n) is 1.87. The molecule has 0 radical (unpaired) electrons. The number of carbonyl (C=O) groups excluding carboxylic acids is 1. The van der Waals surface area contributed by atoms with Gasteiger partial charge >= 0.3 is 5.97 Å². The highest BCUT2D eigenvalue weighted by Gasteiger charge is 2.21. The summed E-state index contributed by atoms with van der Waals surface area (Å²) in [5.74, 6) is -1.68. The number of nitrogens with zero attached hydrogens (tertiary/aromatic N) is 2. The zero-order chi connectivity index (χ0) is 12.1. The van der Waals surface area contributed by atoms with E-state index in [2.05, 4.69) is 15.0 Å². The van der Waals surface area contributed by atoms with Gasteiger partial charge in [0.1, 0.15) is 5.69 Å². The number of aromatic nitrogens is 2. The van der Waals surface area contributed by atoms with Crippen molar-refractivity contribution in [2.24, 2.45) is 7.05 Å². The molecule has 0 saturated heterocycles. The summed E-state index contributed by atoms with van der Waals surface area (Å²) in [5.41, 5.74) is 0.171. The molecule has 1 amide bonds. The number of carboxylic acids is 1. The third-order valence-corrected chi connectivity index (χ3v) is 1.87. The van der Waals surface area contributed by atoms with Crippen molar-refractivity contribution in [2.45, 2.75) is 6.04 Å². The third kappa shape index (κ3) is 3.06. The molecule has 2 N–H and O–H groups in total. The average molecular weight is 227 g/mol. The molecule has 1 atom stereocenters. The molecule has 1 aromatic rings. The van der Waals surface area contributed by atoms with Crippen molar-refractivity contribution in [3.8, 4) is 0 Å². The van der Waals surface area contributed by atoms with Crippen LogP contribution in [0.15, 0.2) is 12.5 Å². The Morgan fingerprint density at radius 3 is 2.81 bits per heavy atom. The first-order valence-corrected chi connectivity index (χ1v) is 4.55. The standard InChI is InChI=1S/C9H13N3O4/c1-12-3-6(10-5-12)8(13)11-7(4-16-2)9(14)15/h3,5,7H,4H2,1-2H3,(H,11,13)(H,14,15). The monoisotopic (exact) mass is 227 g/mol. The van der Waals surface area contributed by atoms with Crippen LogP contribution in [0.5, 0.6) is 0 Å². The molecule has 1 aromatic heterocycles. The fraction of sp³-hybridized carbons (Fsp3) is 0.444. The maximum atomic E-state index is 11.5. The van der Waals surface area contributed by atoms with Gasteiger partial charge in [-0.15, -0.1) is 0 Å². The Morgan fingerprint density at radius 1 is 1.69 bits per heavy atom. The lowest BCUT2D eigenvalue weighted by atomic mass is 10.3. The van der Waals surface area contributed by atoms with Crippen LogP contribution in [0.4, 0.5) is 0 Å². The number of rotatable bonds is 5. The van der Waals surface area contributed by atoms with Gasteiger partial charge in [-0.25, -0.2) is 9.78 Å². The van der Waals surface area contributed by atoms with Gasteiger partial charge in [0.2, 0.25) is 0 Å². The highest BCUT2D eigenvalue weighted by molar-refractivity contribution is 5.94. The van der Waals surface area contributed by atoms with Crippen molar-refractivity contribution in [3.05, 3.63) is 18.2 Å². The Balaban J connectivity index is 2.65. The van der Waals surface area contributed by atoms with E-state index in [0.29, 0.717) is 0 Å². The molecule has 1 unspecified atom stereocenters. The van der Waals surface area contributed by atoms with Crippen LogP contribution in [0, 0.1) is 0 Å². The number of imidazole rings is 1. The minimum atomic E-state index is -1.15. The number of methoxy groups -OCH3 is 1. The van der Waals surface area contributed by atoms with Gasteiger partial charge in [0.25, 0.3) is 5.91 Å². The maximum absolute atomic E-state index is 11.5. The minimum absolute atomic E-state index is 0.0894. The molecular formula is C9H13N3O4. The van der Waals surface area contributed by atoms with E-state index in [4.69, 9.17) is 5.11 Å². The molecule has 0 aliphatic rings. The second-order valence-electron chi connectivity index (χ2n) is 3.24. The van der Waals surface area contributed by atoms with Crippen molar-refractivity contribution in [1.29, 1.82) is 0 Å². The summed E-state index contributed by atoms with van der Waals surface area (Å²) in [5, 5.41) is 11.1. The van der Waals surface area contributed by atoms with Crippen LogP contribution in [0.2, 0.25) is 0 Å². The molecule has 7 nitrogen and oxygen atoms in total. The molecule has 0 spiro atoms. The summed E-state index contributed by atoms with van der Waals surface area (Å²) in [7, 11) is 3.08. The smallest absolute Gasteiger partial charge is 0.328 e. The Kier molecular flexibility index (Phi) is 4.01. The maximum Gasteiger partial charge on any atom is 0.328 e. The van der Waals surface area contributed by atoms with Gasteiger partial charge in [-0.1, -0.05) is 0 Å². The highest BCUT2D eigenvalue weighted by atomic mass is 16.5. The molecule has 88 valence electrons. The Hall–Kier alpha value is -1.89. The molecule has 0 aliphatic carbocycles. The average Bonchev–Trinajstić information content (AvgIpc) is 2.64. The second kappa shape index (κ2) is 5.26. The quantitative estimate of drug-likeness (QED) is 0.690. The van der Waals surface area contributed by atoms with Gasteiger partial charge in [0.05, 0.1) is 12.9 Å². The highest BCUT2D eigenvalue weighted by Crippen LogP contribution is 1.95. The molecule has 7 heteroatoms. The number of amides is 1. The summed E-state index contributed by atoms with van der Waals surface area (Å²) < 4.78 is 6.28. The van der Waals surface area contributed by atoms with Crippen LogP contribution in [-0.2, 0) is 16.6 Å². The van der Waals surface area contributed by atoms with E-state index in [1.807, 2.05) is 0 Å². The predicted octanol–water partition coefficient (Wildman–Crippen LogP) is -0.750. The van der Waals surface area contributed by atoms with E-state index in [1.165, 1.54) is 19.6 Å². The van der Waals surface area contributed by atoms with Crippen LogP contribution in [0.25, 0.3) is 0 Å². The topological polar surface area (TPSA) is 93.5 Å². The van der Waals surface area contributed by atoms with Gasteiger partial charge in [-0.3, -0.25) is 4.79 Å². The van der Waals surface area contributed by atoms with Crippen molar-refractivity contribution in [2.75, 3.05) is 13.7 Å². The number of aliphatic carboxylic acids is 1. The zero-order valence-corrected chi connectivity index (χ0v) is 9.01. The normalized spacial score (nSPS) is 12.1. The van der Waals surface area contributed by atoms with Gasteiger partial charge in [0, 0.05) is 20.4 Å². The number of carbonyl (C=O) groups is 2. The molecule has 1 rings (SSSR count). The lowest BCUT2D eigenvalue weighted by Crippen LogP contribution is -2.43. The van der Waals surface area contributed by atoms with E-state index in [0.717, 1.165) is 0 Å². The molecule has 1 heterocycles. The lowest BCUT2D eigenvalue weighted by Gasteiger charge is -2.12. The number of nitrogens with one attached hydrogen (secondary N) is 1. The number of carboxylic acid groups (broad SMARTS) is 1. The first kappa shape index (κ1) is 12.2. The fourth-order valence-electron chi connectivity index (χ4n) is 1.10. The fourth-order valence-corrected chi connectivity index (χ4v) is 1.10. The SMILES string of the molecule is COCC(NC(=O)c1cn(C)cn1)C(=O)O. The molecule has 0 aliphatic heterocycles. The number of aryl methyl sites for hydroxylation is 1. The predicted molar refractivity (Wildman–Crippen MR) is 54.0 cm³/mol. The van der Waals surface area contributed by atoms with Crippen LogP contribution < -0.4 is 5.32 Å². The summed E-state index contributed by atoms with van der Waals surface area (Å²) in [6.45, 7) is -0.0894. The van der Waals surface area contributed by atoms with Crippen LogP contribution in [-0.4, -0.2) is 46.3 Å². The van der Waals surface area contributed by atoms with Crippen LogP contribution in [0.3, 0.4) is 0 Å². The van der Waals surface area contributed by atoms with Crippen molar-refractivity contribution in [1.82, 2.24) is 14.9 Å². The van der Waals surface area contributed by atoms with Crippen LogP contribution in [0.1, 0.15) is 10.5 Å². The van der Waals surface area contributed by atoms with E-state index in [1.54, 1.807) is 11.6 Å². The molecular weight excluding hydrogens is 214 g/mol. The Labute approximate surface area is 92.0 Å². The number of ether oxygens (including phenoxy) is 1. The van der Waals surface area contributed by atoms with E-state index in [9.17, 15) is 9.59 Å². The summed E-state index contributed by atoms with van der Waals surface area (Å²) >= 11 is 0. The molecule has 0 bridgehead atoms. The Morgan fingerprint density at radius 2 is 2.38 bits per heavy atom. The van der Waals surface area contributed by atoms with Crippen molar-refractivity contribution < 1.29 is 19.4 Å². The van der Waals surface area contributed by atoms with Crippen molar-refractivity contribution >= 4 is 11.9 Å². The van der Waals surface area contributed by atoms with Gasteiger partial charge in [0.15, 0.2) is 6.04 Å². The van der Waals surface area contributed by atoms with E-state index in [-0.39, 0.29) is 12.3 Å². The summed E-state index contributed by atoms with van der Waals surface area (Å²) in [6.07, 6.45) is 2.96. The van der Waals surface area contributed by atoms with Gasteiger partial charge in [-0.2, -0.15) is 0 Å². The second-order valence-corrected chi connectivity index (χ2v) is 3.24. The van der Waals surface area contributed by atoms with Crippen molar-refractivity contribution in [3.63, 3.8) is 0 Å². The van der Waals surface area contributed by atoms with E-state index < -0.39 is 17.9 Å². The first-order chi connectivity index (χ1) is 7.54. The molecule has 0 saturated carbocycles. The van der Waals surface area contributed by atoms with Gasteiger partial charge in [-0.05, 0) is 0 Å². The number of hydrogen-bond acceptors (Lipinski definition) is 4. The Bertz CT molecular complexity index is 388. The van der Waals surface area contributed by atoms with Gasteiger partial charge < -0.3 is 19.7 Å². The zero-order valence-electron chi connectivity index (χ0n) is 9.01. The minimum Gasteiger partial charge on any atom is -0.480 e. The lowest BCUT2D eigenvalue weighted by molar-refractivity contribution is -0.140.